The maximum atomic E-state index is 13.0. The molecule has 0 atom stereocenters. The summed E-state index contributed by atoms with van der Waals surface area (Å²) in [5.74, 6) is -0.569. The summed E-state index contributed by atoms with van der Waals surface area (Å²) in [7, 11) is 0. The van der Waals surface area contributed by atoms with Crippen molar-refractivity contribution in [2.45, 2.75) is 6.42 Å². The highest BCUT2D eigenvalue weighted by Crippen LogP contribution is 2.10. The molecule has 0 aliphatic carbocycles. The van der Waals surface area contributed by atoms with Gasteiger partial charge in [-0.2, -0.15) is 0 Å². The molecular formula is C16H16ClFN2O. The monoisotopic (exact) mass is 306 g/mol. The van der Waals surface area contributed by atoms with Crippen LogP contribution >= 0.6 is 11.6 Å². The fourth-order valence-electron chi connectivity index (χ4n) is 1.86. The van der Waals surface area contributed by atoms with Crippen LogP contribution in [0.25, 0.3) is 0 Å². The zero-order chi connectivity index (χ0) is 15.1. The highest BCUT2D eigenvalue weighted by molar-refractivity contribution is 6.30. The lowest BCUT2D eigenvalue weighted by Gasteiger charge is -2.07. The normalized spacial score (nSPS) is 10.4. The SMILES string of the molecule is O=C(CNCCc1ccc(Cl)cc1)Nc1cccc(F)c1. The third kappa shape index (κ3) is 5.53. The van der Waals surface area contributed by atoms with E-state index in [0.29, 0.717) is 17.3 Å². The van der Waals surface area contributed by atoms with E-state index in [2.05, 4.69) is 10.6 Å². The van der Waals surface area contributed by atoms with Crippen LogP contribution in [0.3, 0.4) is 0 Å². The van der Waals surface area contributed by atoms with Gasteiger partial charge in [0.15, 0.2) is 0 Å². The molecule has 0 heterocycles. The molecule has 0 bridgehead atoms. The minimum Gasteiger partial charge on any atom is -0.325 e. The maximum Gasteiger partial charge on any atom is 0.238 e. The van der Waals surface area contributed by atoms with Crippen molar-refractivity contribution in [3.8, 4) is 0 Å². The predicted molar refractivity (Wildman–Crippen MR) is 83.1 cm³/mol. The Hall–Kier alpha value is -1.91. The van der Waals surface area contributed by atoms with Gasteiger partial charge in [0.2, 0.25) is 5.91 Å². The number of nitrogens with one attached hydrogen (secondary N) is 2. The first-order valence-electron chi connectivity index (χ1n) is 6.64. The Morgan fingerprint density at radius 2 is 1.90 bits per heavy atom. The summed E-state index contributed by atoms with van der Waals surface area (Å²) in [6.07, 6.45) is 0.810. The molecule has 2 aromatic rings. The Bertz CT molecular complexity index is 601. The fourth-order valence-corrected chi connectivity index (χ4v) is 1.98. The molecule has 2 rings (SSSR count). The molecule has 0 spiro atoms. The first kappa shape index (κ1) is 15.5. The Kier molecular flexibility index (Phi) is 5.72. The molecule has 0 aliphatic heterocycles. The van der Waals surface area contributed by atoms with Crippen molar-refractivity contribution in [2.24, 2.45) is 0 Å². The van der Waals surface area contributed by atoms with Crippen LogP contribution in [0, 0.1) is 5.82 Å². The fraction of sp³-hybridized carbons (Fsp3) is 0.188. The molecule has 0 aromatic heterocycles. The van der Waals surface area contributed by atoms with Crippen LogP contribution in [0.1, 0.15) is 5.56 Å². The number of anilines is 1. The largest absolute Gasteiger partial charge is 0.325 e. The molecule has 0 fully saturated rings. The minimum atomic E-state index is -0.372. The molecule has 0 saturated carbocycles. The molecule has 21 heavy (non-hydrogen) atoms. The standard InChI is InChI=1S/C16H16ClFN2O/c17-13-6-4-12(5-7-13)8-9-19-11-16(21)20-15-3-1-2-14(18)10-15/h1-7,10,19H,8-9,11H2,(H,20,21). The van der Waals surface area contributed by atoms with Crippen LogP contribution in [0.2, 0.25) is 5.02 Å². The second-order valence-corrected chi connectivity index (χ2v) is 5.05. The molecule has 110 valence electrons. The first-order valence-corrected chi connectivity index (χ1v) is 7.02. The van der Waals surface area contributed by atoms with Crippen molar-refractivity contribution in [2.75, 3.05) is 18.4 Å². The zero-order valence-corrected chi connectivity index (χ0v) is 12.2. The minimum absolute atomic E-state index is 0.185. The molecule has 2 aromatic carbocycles. The van der Waals surface area contributed by atoms with Gasteiger partial charge in [-0.25, -0.2) is 4.39 Å². The summed E-state index contributed by atoms with van der Waals surface area (Å²) in [5, 5.41) is 6.38. The van der Waals surface area contributed by atoms with Crippen molar-refractivity contribution in [3.63, 3.8) is 0 Å². The Balaban J connectivity index is 1.68. The quantitative estimate of drug-likeness (QED) is 0.804. The predicted octanol–water partition coefficient (Wildman–Crippen LogP) is 3.25. The molecule has 3 nitrogen and oxygen atoms in total. The van der Waals surface area contributed by atoms with Crippen molar-refractivity contribution in [1.29, 1.82) is 0 Å². The topological polar surface area (TPSA) is 41.1 Å². The van der Waals surface area contributed by atoms with E-state index in [1.165, 1.54) is 12.1 Å². The number of hydrogen-bond acceptors (Lipinski definition) is 2. The van der Waals surface area contributed by atoms with Crippen molar-refractivity contribution >= 4 is 23.2 Å². The summed E-state index contributed by atoms with van der Waals surface area (Å²) in [6, 6.07) is 13.4. The van der Waals surface area contributed by atoms with Gasteiger partial charge in [-0.05, 0) is 48.9 Å². The number of amides is 1. The van der Waals surface area contributed by atoms with Crippen molar-refractivity contribution < 1.29 is 9.18 Å². The van der Waals surface area contributed by atoms with Crippen LogP contribution in [0.15, 0.2) is 48.5 Å². The van der Waals surface area contributed by atoms with E-state index in [1.807, 2.05) is 24.3 Å². The van der Waals surface area contributed by atoms with Gasteiger partial charge in [-0.1, -0.05) is 29.8 Å². The first-order chi connectivity index (χ1) is 10.1. The maximum absolute atomic E-state index is 13.0. The molecule has 0 saturated heterocycles. The molecule has 5 heteroatoms. The second-order valence-electron chi connectivity index (χ2n) is 4.61. The van der Waals surface area contributed by atoms with E-state index in [1.54, 1.807) is 12.1 Å². The van der Waals surface area contributed by atoms with Crippen LogP contribution in [0.5, 0.6) is 0 Å². The average Bonchev–Trinajstić information content (AvgIpc) is 2.45. The van der Waals surface area contributed by atoms with E-state index in [0.717, 1.165) is 12.0 Å². The van der Waals surface area contributed by atoms with Gasteiger partial charge >= 0.3 is 0 Å². The number of hydrogen-bond donors (Lipinski definition) is 2. The highest BCUT2D eigenvalue weighted by Gasteiger charge is 2.02. The molecule has 0 unspecified atom stereocenters. The highest BCUT2D eigenvalue weighted by atomic mass is 35.5. The lowest BCUT2D eigenvalue weighted by Crippen LogP contribution is -2.29. The molecule has 0 aliphatic rings. The molecular weight excluding hydrogens is 291 g/mol. The number of benzene rings is 2. The van der Waals surface area contributed by atoms with Crippen molar-refractivity contribution in [1.82, 2.24) is 5.32 Å². The number of halogens is 2. The zero-order valence-electron chi connectivity index (χ0n) is 11.4. The van der Waals surface area contributed by atoms with Crippen LogP contribution in [-0.4, -0.2) is 19.0 Å². The summed E-state index contributed by atoms with van der Waals surface area (Å²) < 4.78 is 13.0. The van der Waals surface area contributed by atoms with E-state index in [-0.39, 0.29) is 18.3 Å². The van der Waals surface area contributed by atoms with Gasteiger partial charge in [-0.15, -0.1) is 0 Å². The Labute approximate surface area is 128 Å². The summed E-state index contributed by atoms with van der Waals surface area (Å²) in [5.41, 5.74) is 1.61. The van der Waals surface area contributed by atoms with Crippen LogP contribution in [0.4, 0.5) is 10.1 Å². The summed E-state index contributed by atoms with van der Waals surface area (Å²) in [6.45, 7) is 0.863. The lowest BCUT2D eigenvalue weighted by molar-refractivity contribution is -0.115. The number of rotatable bonds is 6. The van der Waals surface area contributed by atoms with Crippen LogP contribution in [-0.2, 0) is 11.2 Å². The third-order valence-corrected chi connectivity index (χ3v) is 3.15. The van der Waals surface area contributed by atoms with Gasteiger partial charge in [0.1, 0.15) is 5.82 Å². The van der Waals surface area contributed by atoms with Gasteiger partial charge in [-0.3, -0.25) is 4.79 Å². The average molecular weight is 307 g/mol. The van der Waals surface area contributed by atoms with E-state index in [9.17, 15) is 9.18 Å². The second kappa shape index (κ2) is 7.76. The molecule has 2 N–H and O–H groups in total. The van der Waals surface area contributed by atoms with Gasteiger partial charge < -0.3 is 10.6 Å². The van der Waals surface area contributed by atoms with Crippen molar-refractivity contribution in [3.05, 3.63) is 64.9 Å². The smallest absolute Gasteiger partial charge is 0.238 e. The van der Waals surface area contributed by atoms with E-state index < -0.39 is 0 Å². The Morgan fingerprint density at radius 1 is 1.14 bits per heavy atom. The molecule has 1 amide bonds. The number of carbonyl (C=O) groups excluding carboxylic acids is 1. The van der Waals surface area contributed by atoms with Gasteiger partial charge in [0.25, 0.3) is 0 Å². The number of carbonyl (C=O) groups is 1. The van der Waals surface area contributed by atoms with Crippen LogP contribution < -0.4 is 10.6 Å². The van der Waals surface area contributed by atoms with Gasteiger partial charge in [0, 0.05) is 10.7 Å². The lowest BCUT2D eigenvalue weighted by atomic mass is 10.1. The summed E-state index contributed by atoms with van der Waals surface area (Å²) in [4.78, 5) is 11.7. The summed E-state index contributed by atoms with van der Waals surface area (Å²) >= 11 is 5.81. The third-order valence-electron chi connectivity index (χ3n) is 2.90. The Morgan fingerprint density at radius 3 is 2.62 bits per heavy atom. The molecule has 0 radical (unpaired) electrons. The van der Waals surface area contributed by atoms with E-state index >= 15 is 0 Å². The van der Waals surface area contributed by atoms with E-state index in [4.69, 9.17) is 11.6 Å². The van der Waals surface area contributed by atoms with Gasteiger partial charge in [0.05, 0.1) is 6.54 Å².